The van der Waals surface area contributed by atoms with Gasteiger partial charge in [-0.3, -0.25) is 9.69 Å². The van der Waals surface area contributed by atoms with Gasteiger partial charge in [-0.1, -0.05) is 23.3 Å². The molecule has 1 unspecified atom stereocenters. The van der Waals surface area contributed by atoms with E-state index in [9.17, 15) is 9.18 Å². The summed E-state index contributed by atoms with van der Waals surface area (Å²) in [6.07, 6.45) is 3.33. The number of benzene rings is 2. The second-order valence-corrected chi connectivity index (χ2v) is 7.85. The average molecular weight is 396 g/mol. The van der Waals surface area contributed by atoms with Crippen LogP contribution in [-0.2, 0) is 6.42 Å². The number of halogens is 1. The monoisotopic (exact) mass is 395 g/mol. The van der Waals surface area contributed by atoms with Crippen LogP contribution in [0.4, 0.5) is 4.39 Å². The molecule has 2 aromatic carbocycles. The highest BCUT2D eigenvalue weighted by Crippen LogP contribution is 2.27. The SMILES string of the molecule is COc1ccc(CC2C(C)=C(C)CCN2CCCC(=O)c2ccc(F)cc2)cc1. The molecule has 0 bridgehead atoms. The van der Waals surface area contributed by atoms with Crippen molar-refractivity contribution < 1.29 is 13.9 Å². The van der Waals surface area contributed by atoms with E-state index in [0.717, 1.165) is 38.1 Å². The Morgan fingerprint density at radius 3 is 2.45 bits per heavy atom. The van der Waals surface area contributed by atoms with Gasteiger partial charge in [-0.15, -0.1) is 0 Å². The first-order chi connectivity index (χ1) is 14.0. The third-order valence-electron chi connectivity index (χ3n) is 5.99. The summed E-state index contributed by atoms with van der Waals surface area (Å²) in [4.78, 5) is 14.9. The highest BCUT2D eigenvalue weighted by atomic mass is 19.1. The van der Waals surface area contributed by atoms with Crippen molar-refractivity contribution in [2.45, 2.75) is 45.6 Å². The van der Waals surface area contributed by atoms with Gasteiger partial charge in [0.1, 0.15) is 11.6 Å². The average Bonchev–Trinajstić information content (AvgIpc) is 2.74. The molecule has 3 rings (SSSR count). The van der Waals surface area contributed by atoms with Crippen LogP contribution in [0.25, 0.3) is 0 Å². The van der Waals surface area contributed by atoms with Crippen LogP contribution in [0.3, 0.4) is 0 Å². The van der Waals surface area contributed by atoms with Crippen molar-refractivity contribution in [3.05, 3.63) is 76.6 Å². The van der Waals surface area contributed by atoms with Gasteiger partial charge in [0.05, 0.1) is 7.11 Å². The third kappa shape index (κ3) is 5.54. The van der Waals surface area contributed by atoms with Crippen molar-refractivity contribution in [1.29, 1.82) is 0 Å². The molecule has 0 fully saturated rings. The summed E-state index contributed by atoms with van der Waals surface area (Å²) in [6, 6.07) is 14.5. The van der Waals surface area contributed by atoms with E-state index in [0.29, 0.717) is 18.0 Å². The molecule has 0 saturated carbocycles. The van der Waals surface area contributed by atoms with Gasteiger partial charge in [-0.25, -0.2) is 4.39 Å². The summed E-state index contributed by atoms with van der Waals surface area (Å²) in [5, 5.41) is 0. The summed E-state index contributed by atoms with van der Waals surface area (Å²) in [7, 11) is 1.68. The van der Waals surface area contributed by atoms with Crippen molar-refractivity contribution in [3.8, 4) is 5.75 Å². The van der Waals surface area contributed by atoms with E-state index in [2.05, 4.69) is 30.9 Å². The zero-order valence-corrected chi connectivity index (χ0v) is 17.6. The van der Waals surface area contributed by atoms with Crippen LogP contribution >= 0.6 is 0 Å². The number of nitrogens with zero attached hydrogens (tertiary/aromatic N) is 1. The molecule has 154 valence electrons. The number of carbonyl (C=O) groups is 1. The van der Waals surface area contributed by atoms with Crippen molar-refractivity contribution in [2.24, 2.45) is 0 Å². The minimum atomic E-state index is -0.311. The maximum atomic E-state index is 13.0. The molecule has 3 nitrogen and oxygen atoms in total. The number of ether oxygens (including phenoxy) is 1. The van der Waals surface area contributed by atoms with E-state index in [1.165, 1.54) is 28.8 Å². The molecule has 29 heavy (non-hydrogen) atoms. The predicted molar refractivity (Wildman–Crippen MR) is 115 cm³/mol. The van der Waals surface area contributed by atoms with Crippen molar-refractivity contribution in [3.63, 3.8) is 0 Å². The van der Waals surface area contributed by atoms with Gasteiger partial charge in [0, 0.05) is 24.6 Å². The minimum absolute atomic E-state index is 0.0807. The fourth-order valence-electron chi connectivity index (χ4n) is 3.98. The Bertz CT molecular complexity index is 855. The summed E-state index contributed by atoms with van der Waals surface area (Å²) < 4.78 is 18.3. The summed E-state index contributed by atoms with van der Waals surface area (Å²) in [5.74, 6) is 0.642. The zero-order valence-electron chi connectivity index (χ0n) is 17.6. The molecule has 1 aliphatic rings. The molecule has 0 radical (unpaired) electrons. The molecule has 0 aromatic heterocycles. The van der Waals surface area contributed by atoms with Crippen LogP contribution < -0.4 is 4.74 Å². The molecule has 0 saturated heterocycles. The number of carbonyl (C=O) groups excluding carboxylic acids is 1. The number of hydrogen-bond acceptors (Lipinski definition) is 3. The lowest BCUT2D eigenvalue weighted by Gasteiger charge is -2.37. The Labute approximate surface area is 173 Å². The Balaban J connectivity index is 1.61. The molecule has 1 aliphatic heterocycles. The number of methoxy groups -OCH3 is 1. The molecule has 1 heterocycles. The standard InChI is InChI=1S/C25H30FNO2/c1-18-14-16-27(15-4-5-25(28)21-8-10-22(26)11-9-21)24(19(18)2)17-20-6-12-23(29-3)13-7-20/h6-13,24H,4-5,14-17H2,1-3H3. The largest absolute Gasteiger partial charge is 0.497 e. The van der Waals surface area contributed by atoms with Crippen LogP contribution in [0.2, 0.25) is 0 Å². The van der Waals surface area contributed by atoms with Gasteiger partial charge in [-0.05, 0) is 81.6 Å². The lowest BCUT2D eigenvalue weighted by atomic mass is 9.90. The van der Waals surface area contributed by atoms with Crippen molar-refractivity contribution >= 4 is 5.78 Å². The molecule has 0 aliphatic carbocycles. The van der Waals surface area contributed by atoms with Gasteiger partial charge in [0.25, 0.3) is 0 Å². The van der Waals surface area contributed by atoms with Crippen LogP contribution in [-0.4, -0.2) is 36.9 Å². The lowest BCUT2D eigenvalue weighted by Crippen LogP contribution is -2.42. The van der Waals surface area contributed by atoms with Gasteiger partial charge in [0.15, 0.2) is 5.78 Å². The molecule has 1 atom stereocenters. The quantitative estimate of drug-likeness (QED) is 0.440. The van der Waals surface area contributed by atoms with Gasteiger partial charge in [0.2, 0.25) is 0 Å². The van der Waals surface area contributed by atoms with E-state index in [-0.39, 0.29) is 11.6 Å². The fourth-order valence-corrected chi connectivity index (χ4v) is 3.98. The molecule has 0 amide bonds. The Morgan fingerprint density at radius 1 is 1.10 bits per heavy atom. The zero-order chi connectivity index (χ0) is 20.8. The highest BCUT2D eigenvalue weighted by molar-refractivity contribution is 5.95. The van der Waals surface area contributed by atoms with Crippen LogP contribution in [0.1, 0.15) is 49.0 Å². The van der Waals surface area contributed by atoms with Crippen LogP contribution in [0, 0.1) is 5.82 Å². The maximum absolute atomic E-state index is 13.0. The molecular formula is C25H30FNO2. The fraction of sp³-hybridized carbons (Fsp3) is 0.400. The number of hydrogen-bond donors (Lipinski definition) is 0. The first-order valence-corrected chi connectivity index (χ1v) is 10.3. The molecule has 2 aromatic rings. The Morgan fingerprint density at radius 2 is 1.79 bits per heavy atom. The maximum Gasteiger partial charge on any atom is 0.162 e. The smallest absolute Gasteiger partial charge is 0.162 e. The second-order valence-electron chi connectivity index (χ2n) is 7.85. The van der Waals surface area contributed by atoms with E-state index in [1.807, 2.05) is 12.1 Å². The van der Waals surface area contributed by atoms with Crippen LogP contribution in [0.5, 0.6) is 5.75 Å². The first-order valence-electron chi connectivity index (χ1n) is 10.3. The lowest BCUT2D eigenvalue weighted by molar-refractivity contribution is 0.0971. The Kier molecular flexibility index (Phi) is 7.21. The summed E-state index contributed by atoms with van der Waals surface area (Å²) in [5.41, 5.74) is 4.79. The number of rotatable bonds is 8. The summed E-state index contributed by atoms with van der Waals surface area (Å²) >= 11 is 0. The van der Waals surface area contributed by atoms with E-state index in [1.54, 1.807) is 19.2 Å². The molecule has 0 spiro atoms. The predicted octanol–water partition coefficient (Wildman–Crippen LogP) is 5.45. The molecule has 0 N–H and O–H groups in total. The highest BCUT2D eigenvalue weighted by Gasteiger charge is 2.25. The third-order valence-corrected chi connectivity index (χ3v) is 5.99. The first kappa shape index (κ1) is 21.3. The van der Waals surface area contributed by atoms with E-state index in [4.69, 9.17) is 4.74 Å². The minimum Gasteiger partial charge on any atom is -0.497 e. The molecule has 4 heteroatoms. The number of ketones is 1. The van der Waals surface area contributed by atoms with Gasteiger partial charge >= 0.3 is 0 Å². The van der Waals surface area contributed by atoms with E-state index < -0.39 is 0 Å². The molecular weight excluding hydrogens is 365 g/mol. The van der Waals surface area contributed by atoms with Crippen LogP contribution in [0.15, 0.2) is 59.7 Å². The normalized spacial score (nSPS) is 17.4. The van der Waals surface area contributed by atoms with Crippen molar-refractivity contribution in [1.82, 2.24) is 4.90 Å². The van der Waals surface area contributed by atoms with E-state index >= 15 is 0 Å². The number of Topliss-reactive ketones (excluding diaryl/α,β-unsaturated/α-hetero) is 1. The van der Waals surface area contributed by atoms with Gasteiger partial charge in [-0.2, -0.15) is 0 Å². The van der Waals surface area contributed by atoms with Crippen molar-refractivity contribution in [2.75, 3.05) is 20.2 Å². The topological polar surface area (TPSA) is 29.5 Å². The second kappa shape index (κ2) is 9.84. The summed E-state index contributed by atoms with van der Waals surface area (Å²) in [6.45, 7) is 6.37. The Hall–Kier alpha value is -2.46. The van der Waals surface area contributed by atoms with Gasteiger partial charge < -0.3 is 4.74 Å².